The van der Waals surface area contributed by atoms with Crippen LogP contribution < -0.4 is 4.72 Å². The van der Waals surface area contributed by atoms with Crippen LogP contribution in [-0.2, 0) is 16.6 Å². The van der Waals surface area contributed by atoms with Gasteiger partial charge in [0.15, 0.2) is 0 Å². The molecule has 0 amide bonds. The smallest absolute Gasteiger partial charge is 0.261 e. The molecule has 0 aliphatic rings. The van der Waals surface area contributed by atoms with Crippen molar-refractivity contribution >= 4 is 15.7 Å². The van der Waals surface area contributed by atoms with E-state index in [1.54, 1.807) is 23.0 Å². The lowest BCUT2D eigenvalue weighted by atomic mass is 9.99. The van der Waals surface area contributed by atoms with Crippen LogP contribution in [0.15, 0.2) is 65.8 Å². The number of rotatable bonds is 7. The molecule has 2 aromatic carbocycles. The molecule has 142 valence electrons. The highest BCUT2D eigenvalue weighted by molar-refractivity contribution is 7.92. The van der Waals surface area contributed by atoms with Crippen LogP contribution in [0.1, 0.15) is 42.9 Å². The molecule has 3 aromatic rings. The van der Waals surface area contributed by atoms with Gasteiger partial charge in [-0.25, -0.2) is 8.42 Å². The molecule has 1 aromatic heterocycles. The van der Waals surface area contributed by atoms with E-state index in [0.29, 0.717) is 18.2 Å². The van der Waals surface area contributed by atoms with Gasteiger partial charge in [-0.05, 0) is 42.5 Å². The van der Waals surface area contributed by atoms with Crippen LogP contribution in [0.3, 0.4) is 0 Å². The molecule has 0 aliphatic carbocycles. The number of nitrogens with zero attached hydrogens (tertiary/aromatic N) is 2. The number of aromatic nitrogens is 2. The molecule has 0 saturated carbocycles. The zero-order valence-electron chi connectivity index (χ0n) is 15.9. The molecule has 1 atom stereocenters. The van der Waals surface area contributed by atoms with Crippen molar-refractivity contribution in [3.05, 3.63) is 77.6 Å². The maximum atomic E-state index is 12.6. The zero-order valence-corrected chi connectivity index (χ0v) is 16.7. The maximum Gasteiger partial charge on any atom is 0.261 e. The molecule has 1 unspecified atom stereocenters. The normalized spacial score (nSPS) is 12.7. The topological polar surface area (TPSA) is 64.0 Å². The van der Waals surface area contributed by atoms with Gasteiger partial charge in [0.2, 0.25) is 0 Å². The lowest BCUT2D eigenvalue weighted by Crippen LogP contribution is -2.12. The molecule has 0 radical (unpaired) electrons. The third-order valence-electron chi connectivity index (χ3n) is 4.72. The first kappa shape index (κ1) is 19.2. The Morgan fingerprint density at radius 3 is 2.37 bits per heavy atom. The Balaban J connectivity index is 1.70. The van der Waals surface area contributed by atoms with Crippen LogP contribution in [0.4, 0.5) is 5.69 Å². The third kappa shape index (κ3) is 4.77. The van der Waals surface area contributed by atoms with Gasteiger partial charge in [-0.15, -0.1) is 0 Å². The first-order chi connectivity index (χ1) is 12.9. The van der Waals surface area contributed by atoms with E-state index in [-0.39, 0.29) is 4.90 Å². The summed E-state index contributed by atoms with van der Waals surface area (Å²) in [4.78, 5) is 0.251. The van der Waals surface area contributed by atoms with Crippen molar-refractivity contribution in [3.8, 4) is 0 Å². The Hall–Kier alpha value is -2.60. The highest BCUT2D eigenvalue weighted by Crippen LogP contribution is 2.22. The number of sulfonamides is 1. The minimum Gasteiger partial charge on any atom is -0.276 e. The second kappa shape index (κ2) is 7.96. The van der Waals surface area contributed by atoms with Crippen molar-refractivity contribution in [3.63, 3.8) is 0 Å². The molecular formula is C21H25N3O2S. The number of anilines is 1. The minimum atomic E-state index is -3.63. The fraction of sp³-hybridized carbons (Fsp3) is 0.286. The van der Waals surface area contributed by atoms with Gasteiger partial charge in [-0.1, -0.05) is 55.8 Å². The molecular weight excluding hydrogens is 358 g/mol. The van der Waals surface area contributed by atoms with Crippen LogP contribution in [0.2, 0.25) is 0 Å². The van der Waals surface area contributed by atoms with Crippen molar-refractivity contribution in [1.29, 1.82) is 0 Å². The first-order valence-corrected chi connectivity index (χ1v) is 10.6. The highest BCUT2D eigenvalue weighted by atomic mass is 32.2. The van der Waals surface area contributed by atoms with Crippen molar-refractivity contribution in [2.75, 3.05) is 4.72 Å². The van der Waals surface area contributed by atoms with Crippen LogP contribution in [0, 0.1) is 6.92 Å². The van der Waals surface area contributed by atoms with Crippen molar-refractivity contribution in [2.45, 2.75) is 44.6 Å². The van der Waals surface area contributed by atoms with Crippen LogP contribution in [0.25, 0.3) is 0 Å². The molecule has 0 aliphatic heterocycles. The number of hydrogen-bond donors (Lipinski definition) is 1. The average Bonchev–Trinajstić information content (AvgIpc) is 3.09. The summed E-state index contributed by atoms with van der Waals surface area (Å²) in [6, 6.07) is 15.2. The molecule has 0 saturated heterocycles. The molecule has 0 spiro atoms. The summed E-state index contributed by atoms with van der Waals surface area (Å²) in [6.45, 7) is 6.88. The van der Waals surface area contributed by atoms with E-state index < -0.39 is 10.0 Å². The van der Waals surface area contributed by atoms with E-state index in [2.05, 4.69) is 23.7 Å². The minimum absolute atomic E-state index is 0.251. The predicted molar refractivity (Wildman–Crippen MR) is 108 cm³/mol. The van der Waals surface area contributed by atoms with E-state index in [9.17, 15) is 8.42 Å². The Kier molecular flexibility index (Phi) is 5.65. The van der Waals surface area contributed by atoms with Gasteiger partial charge in [0.05, 0.1) is 23.3 Å². The Morgan fingerprint density at radius 1 is 1.07 bits per heavy atom. The number of benzene rings is 2. The summed E-state index contributed by atoms with van der Waals surface area (Å²) in [5.74, 6) is 0.412. The van der Waals surface area contributed by atoms with Crippen LogP contribution >= 0.6 is 0 Å². The van der Waals surface area contributed by atoms with Gasteiger partial charge in [-0.3, -0.25) is 9.40 Å². The fourth-order valence-corrected chi connectivity index (χ4v) is 3.84. The quantitative estimate of drug-likeness (QED) is 0.651. The SMILES string of the molecule is CCC(C)c1ccc(S(=O)(=O)Nc2cnn(Cc3ccc(C)cc3)c2)cc1. The van der Waals surface area contributed by atoms with Gasteiger partial charge in [-0.2, -0.15) is 5.10 Å². The van der Waals surface area contributed by atoms with E-state index in [1.165, 1.54) is 11.8 Å². The van der Waals surface area contributed by atoms with Crippen molar-refractivity contribution in [1.82, 2.24) is 9.78 Å². The van der Waals surface area contributed by atoms with Gasteiger partial charge >= 0.3 is 0 Å². The molecule has 3 rings (SSSR count). The highest BCUT2D eigenvalue weighted by Gasteiger charge is 2.16. The van der Waals surface area contributed by atoms with Crippen molar-refractivity contribution in [2.24, 2.45) is 0 Å². The van der Waals surface area contributed by atoms with Gasteiger partial charge in [0.25, 0.3) is 10.0 Å². The monoisotopic (exact) mass is 383 g/mol. The maximum absolute atomic E-state index is 12.6. The zero-order chi connectivity index (χ0) is 19.4. The summed E-state index contributed by atoms with van der Waals surface area (Å²) >= 11 is 0. The summed E-state index contributed by atoms with van der Waals surface area (Å²) in [5.41, 5.74) is 3.90. The predicted octanol–water partition coefficient (Wildman–Crippen LogP) is 4.55. The van der Waals surface area contributed by atoms with Gasteiger partial charge in [0.1, 0.15) is 0 Å². The molecule has 0 bridgehead atoms. The van der Waals surface area contributed by atoms with E-state index in [1.807, 2.05) is 43.3 Å². The molecule has 6 heteroatoms. The summed E-state index contributed by atoms with van der Waals surface area (Å²) in [6.07, 6.45) is 4.24. The largest absolute Gasteiger partial charge is 0.276 e. The number of nitrogens with one attached hydrogen (secondary N) is 1. The standard InChI is InChI=1S/C21H25N3O2S/c1-4-17(3)19-9-11-21(12-10-19)27(25,26)23-20-13-22-24(15-20)14-18-7-5-16(2)6-8-18/h5-13,15,17,23H,4,14H2,1-3H3. The molecule has 27 heavy (non-hydrogen) atoms. The molecule has 1 heterocycles. The molecule has 0 fully saturated rings. The van der Waals surface area contributed by atoms with E-state index in [4.69, 9.17) is 0 Å². The van der Waals surface area contributed by atoms with Crippen LogP contribution in [0.5, 0.6) is 0 Å². The van der Waals surface area contributed by atoms with Gasteiger partial charge in [0, 0.05) is 6.20 Å². The summed E-state index contributed by atoms with van der Waals surface area (Å²) in [7, 11) is -3.63. The number of hydrogen-bond acceptors (Lipinski definition) is 3. The Bertz CT molecular complexity index is 991. The lowest BCUT2D eigenvalue weighted by molar-refractivity contribution is 0.601. The molecule has 5 nitrogen and oxygen atoms in total. The molecule has 1 N–H and O–H groups in total. The third-order valence-corrected chi connectivity index (χ3v) is 6.12. The Labute approximate surface area is 161 Å². The first-order valence-electron chi connectivity index (χ1n) is 9.08. The van der Waals surface area contributed by atoms with Gasteiger partial charge < -0.3 is 0 Å². The second-order valence-corrected chi connectivity index (χ2v) is 8.58. The summed E-state index contributed by atoms with van der Waals surface area (Å²) < 4.78 is 29.5. The average molecular weight is 384 g/mol. The lowest BCUT2D eigenvalue weighted by Gasteiger charge is -2.10. The number of aryl methyl sites for hydroxylation is 1. The fourth-order valence-electron chi connectivity index (χ4n) is 2.81. The second-order valence-electron chi connectivity index (χ2n) is 6.90. The van der Waals surface area contributed by atoms with E-state index >= 15 is 0 Å². The van der Waals surface area contributed by atoms with Crippen LogP contribution in [-0.4, -0.2) is 18.2 Å². The summed E-state index contributed by atoms with van der Waals surface area (Å²) in [5, 5.41) is 4.25. The van der Waals surface area contributed by atoms with E-state index in [0.717, 1.165) is 17.5 Å². The van der Waals surface area contributed by atoms with Crippen molar-refractivity contribution < 1.29 is 8.42 Å². The Morgan fingerprint density at radius 2 is 1.74 bits per heavy atom.